The van der Waals surface area contributed by atoms with E-state index in [1.165, 1.54) is 24.3 Å². The fraction of sp³-hybridized carbons (Fsp3) is 0.148. The van der Waals surface area contributed by atoms with Crippen LogP contribution in [-0.4, -0.2) is 50.6 Å². The molecule has 1 aliphatic heterocycles. The van der Waals surface area contributed by atoms with E-state index in [1.807, 2.05) is 0 Å². The summed E-state index contributed by atoms with van der Waals surface area (Å²) < 4.78 is 0. The molecule has 2 atom stereocenters. The number of phenols is 1. The monoisotopic (exact) mass is 569 g/mol. The lowest BCUT2D eigenvalue weighted by Crippen LogP contribution is -2.45. The molecule has 0 saturated heterocycles. The Kier molecular flexibility index (Phi) is 8.29. The number of hydrogen-bond acceptors (Lipinski definition) is 7. The van der Waals surface area contributed by atoms with Crippen molar-refractivity contribution in [2.24, 2.45) is 4.99 Å². The van der Waals surface area contributed by atoms with Gasteiger partial charge in [-0.2, -0.15) is 0 Å². The van der Waals surface area contributed by atoms with Crippen LogP contribution in [0.5, 0.6) is 5.75 Å². The smallest absolute Gasteiger partial charge is 0.326 e. The summed E-state index contributed by atoms with van der Waals surface area (Å²) in [6.45, 7) is 0.105. The Balaban J connectivity index is 1.44. The van der Waals surface area contributed by atoms with Crippen molar-refractivity contribution in [3.63, 3.8) is 0 Å². The highest BCUT2D eigenvalue weighted by Gasteiger charge is 2.33. The van der Waals surface area contributed by atoms with Crippen molar-refractivity contribution in [2.45, 2.75) is 25.1 Å². The molecule has 0 spiro atoms. The second-order valence-corrected chi connectivity index (χ2v) is 9.43. The van der Waals surface area contributed by atoms with Gasteiger partial charge in [0.2, 0.25) is 0 Å². The lowest BCUT2D eigenvalue weighted by Gasteiger charge is -2.16. The number of benzene rings is 3. The standard InChI is InChI=1S/C27H21Cl2N3O7/c28-17-9-14(25(36)30-12-13-4-3-5-15(33)8-13)10-18(29)22(17)21(34)11-20(27(38)39)32-26(37)23-24(35)16-6-1-2-7-19(16)31-23/h1-10,20,24,33,35H,11-12H2,(H,30,36)(H,32,37)(H,38,39)/t20-,24?/m0/s1. The van der Waals surface area contributed by atoms with Crippen molar-refractivity contribution in [1.29, 1.82) is 0 Å². The van der Waals surface area contributed by atoms with Crippen LogP contribution >= 0.6 is 23.2 Å². The zero-order valence-electron chi connectivity index (χ0n) is 20.0. The average molecular weight is 570 g/mol. The van der Waals surface area contributed by atoms with Crippen LogP contribution in [0.1, 0.15) is 44.4 Å². The Morgan fingerprint density at radius 2 is 1.64 bits per heavy atom. The molecule has 3 aromatic carbocycles. The van der Waals surface area contributed by atoms with Crippen LogP contribution < -0.4 is 10.6 Å². The summed E-state index contributed by atoms with van der Waals surface area (Å²) in [5.74, 6) is -3.74. The van der Waals surface area contributed by atoms with E-state index < -0.39 is 42.1 Å². The van der Waals surface area contributed by atoms with Gasteiger partial charge in [0, 0.05) is 24.1 Å². The fourth-order valence-corrected chi connectivity index (χ4v) is 4.67. The first-order chi connectivity index (χ1) is 18.5. The first-order valence-electron chi connectivity index (χ1n) is 11.5. The Bertz CT molecular complexity index is 1500. The van der Waals surface area contributed by atoms with Gasteiger partial charge in [0.1, 0.15) is 23.6 Å². The van der Waals surface area contributed by atoms with E-state index in [2.05, 4.69) is 15.6 Å². The molecule has 2 amide bonds. The van der Waals surface area contributed by atoms with Crippen LogP contribution in [0.4, 0.5) is 5.69 Å². The second-order valence-electron chi connectivity index (χ2n) is 8.62. The minimum absolute atomic E-state index is 0.0454. The Morgan fingerprint density at radius 3 is 2.28 bits per heavy atom. The minimum atomic E-state index is -1.68. The fourth-order valence-electron chi connectivity index (χ4n) is 3.97. The topological polar surface area (TPSA) is 165 Å². The van der Waals surface area contributed by atoms with Crippen molar-refractivity contribution < 1.29 is 34.5 Å². The zero-order valence-corrected chi connectivity index (χ0v) is 21.5. The largest absolute Gasteiger partial charge is 0.508 e. The molecule has 0 saturated carbocycles. The first-order valence-corrected chi connectivity index (χ1v) is 12.3. The third-order valence-corrected chi connectivity index (χ3v) is 6.50. The molecule has 12 heteroatoms. The molecule has 0 aromatic heterocycles. The molecule has 0 bridgehead atoms. The summed E-state index contributed by atoms with van der Waals surface area (Å²) >= 11 is 12.5. The van der Waals surface area contributed by atoms with Crippen LogP contribution in [0.3, 0.4) is 0 Å². The molecule has 3 aromatic rings. The molecule has 4 rings (SSSR count). The molecule has 1 unspecified atom stereocenters. The number of amides is 2. The van der Waals surface area contributed by atoms with Gasteiger partial charge in [0.05, 0.1) is 21.3 Å². The molecule has 0 fully saturated rings. The van der Waals surface area contributed by atoms with Crippen molar-refractivity contribution in [3.8, 4) is 5.75 Å². The lowest BCUT2D eigenvalue weighted by molar-refractivity contribution is -0.141. The first kappa shape index (κ1) is 27.8. The zero-order chi connectivity index (χ0) is 28.3. The van der Waals surface area contributed by atoms with E-state index in [0.29, 0.717) is 16.8 Å². The minimum Gasteiger partial charge on any atom is -0.508 e. The number of aliphatic imine (C=N–C) groups is 1. The van der Waals surface area contributed by atoms with Gasteiger partial charge >= 0.3 is 5.97 Å². The number of aliphatic hydroxyl groups excluding tert-OH is 1. The van der Waals surface area contributed by atoms with Crippen molar-refractivity contribution in [3.05, 3.63) is 93.0 Å². The van der Waals surface area contributed by atoms with E-state index in [-0.39, 0.29) is 39.2 Å². The number of fused-ring (bicyclic) bond motifs is 1. The number of nitrogens with one attached hydrogen (secondary N) is 2. The predicted molar refractivity (Wildman–Crippen MR) is 143 cm³/mol. The highest BCUT2D eigenvalue weighted by Crippen LogP contribution is 2.33. The quantitative estimate of drug-likeness (QED) is 0.245. The maximum absolute atomic E-state index is 13.0. The maximum atomic E-state index is 13.0. The van der Waals surface area contributed by atoms with Crippen molar-refractivity contribution in [1.82, 2.24) is 10.6 Å². The molecule has 1 aliphatic rings. The predicted octanol–water partition coefficient (Wildman–Crippen LogP) is 3.59. The van der Waals surface area contributed by atoms with E-state index in [9.17, 15) is 34.5 Å². The van der Waals surface area contributed by atoms with Gasteiger partial charge in [-0.1, -0.05) is 53.5 Å². The van der Waals surface area contributed by atoms with Crippen molar-refractivity contribution in [2.75, 3.05) is 0 Å². The molecular weight excluding hydrogens is 549 g/mol. The molecule has 39 heavy (non-hydrogen) atoms. The number of carboxylic acids is 1. The SMILES string of the molecule is O=C(N[C@@H](CC(=O)c1c(Cl)cc(C(=O)NCc2cccc(O)c2)cc1Cl)C(=O)O)C1=Nc2ccccc2C1O. The van der Waals surface area contributed by atoms with Crippen LogP contribution in [0.25, 0.3) is 0 Å². The van der Waals surface area contributed by atoms with Crippen molar-refractivity contribution >= 4 is 58.2 Å². The summed E-state index contributed by atoms with van der Waals surface area (Å²) in [6.07, 6.45) is -2.05. The molecule has 5 N–H and O–H groups in total. The van der Waals surface area contributed by atoms with Crippen LogP contribution in [0.2, 0.25) is 10.0 Å². The van der Waals surface area contributed by atoms with Crippen LogP contribution in [0.15, 0.2) is 65.7 Å². The number of carbonyl (C=O) groups excluding carboxylic acids is 3. The van der Waals surface area contributed by atoms with E-state index in [0.717, 1.165) is 0 Å². The number of rotatable bonds is 9. The van der Waals surface area contributed by atoms with Crippen LogP contribution in [-0.2, 0) is 16.1 Å². The maximum Gasteiger partial charge on any atom is 0.326 e. The second kappa shape index (κ2) is 11.6. The molecule has 200 valence electrons. The highest BCUT2D eigenvalue weighted by atomic mass is 35.5. The number of para-hydroxylation sites is 1. The number of carboxylic acid groups (broad SMARTS) is 1. The highest BCUT2D eigenvalue weighted by molar-refractivity contribution is 6.43. The number of halogens is 2. The number of nitrogens with zero attached hydrogens (tertiary/aromatic N) is 1. The summed E-state index contributed by atoms with van der Waals surface area (Å²) in [7, 11) is 0. The Hall–Kier alpha value is -4.25. The lowest BCUT2D eigenvalue weighted by atomic mass is 10.0. The molecule has 1 heterocycles. The molecule has 0 aliphatic carbocycles. The average Bonchev–Trinajstić information content (AvgIpc) is 3.23. The summed E-state index contributed by atoms with van der Waals surface area (Å²) in [4.78, 5) is 54.2. The van der Waals surface area contributed by atoms with E-state index in [1.54, 1.807) is 36.4 Å². The third kappa shape index (κ3) is 6.26. The number of hydrogen-bond donors (Lipinski definition) is 5. The normalized spacial score (nSPS) is 14.6. The number of aromatic hydroxyl groups is 1. The Labute approximate surface area is 231 Å². The third-order valence-electron chi connectivity index (χ3n) is 5.90. The van der Waals surface area contributed by atoms with E-state index >= 15 is 0 Å². The summed E-state index contributed by atoms with van der Waals surface area (Å²) in [5, 5.41) is 34.0. The van der Waals surface area contributed by atoms with Gasteiger partial charge in [-0.3, -0.25) is 14.4 Å². The number of ketones is 1. The number of carbonyl (C=O) groups is 4. The summed E-state index contributed by atoms with van der Waals surface area (Å²) in [5.41, 5.74) is 0.964. The van der Waals surface area contributed by atoms with Gasteiger partial charge in [0.15, 0.2) is 5.78 Å². The summed E-state index contributed by atoms with van der Waals surface area (Å²) in [6, 6.07) is 13.6. The van der Waals surface area contributed by atoms with Gasteiger partial charge in [-0.15, -0.1) is 0 Å². The van der Waals surface area contributed by atoms with Gasteiger partial charge in [0.25, 0.3) is 11.8 Å². The Morgan fingerprint density at radius 1 is 0.949 bits per heavy atom. The van der Waals surface area contributed by atoms with Gasteiger partial charge < -0.3 is 26.0 Å². The van der Waals surface area contributed by atoms with Crippen LogP contribution in [0, 0.1) is 0 Å². The van der Waals surface area contributed by atoms with Gasteiger partial charge in [-0.05, 0) is 35.9 Å². The molecule has 10 nitrogen and oxygen atoms in total. The molecule has 0 radical (unpaired) electrons. The number of aliphatic carboxylic acids is 1. The number of Topliss-reactive ketones (excluding diaryl/α,β-unsaturated/α-hetero) is 1. The van der Waals surface area contributed by atoms with E-state index in [4.69, 9.17) is 23.2 Å². The number of aliphatic hydroxyl groups is 1. The molecular formula is C27H21Cl2N3O7. The van der Waals surface area contributed by atoms with Gasteiger partial charge in [-0.25, -0.2) is 9.79 Å². The number of phenolic OH excluding ortho intramolecular Hbond substituents is 1.